The zero-order chi connectivity index (χ0) is 17.1. The second-order valence-corrected chi connectivity index (χ2v) is 5.96. The lowest BCUT2D eigenvalue weighted by Crippen LogP contribution is -2.23. The molecule has 0 radical (unpaired) electrons. The minimum Gasteiger partial charge on any atom is -0.497 e. The van der Waals surface area contributed by atoms with Crippen LogP contribution in [0.1, 0.15) is 11.1 Å². The summed E-state index contributed by atoms with van der Waals surface area (Å²) in [6, 6.07) is 11.5. The fraction of sp³-hybridized carbons (Fsp3) is 0.316. The third-order valence-electron chi connectivity index (χ3n) is 4.15. The Bertz CT molecular complexity index is 824. The fourth-order valence-electron chi connectivity index (χ4n) is 2.60. The largest absolute Gasteiger partial charge is 0.497 e. The van der Waals surface area contributed by atoms with Crippen LogP contribution in [0.2, 0.25) is 0 Å². The molecule has 126 valence electrons. The molecule has 24 heavy (non-hydrogen) atoms. The van der Waals surface area contributed by atoms with Crippen molar-refractivity contribution >= 4 is 11.0 Å². The standard InChI is InChI=1S/C19H22N2O3/c1-13-8-18-19(9-14(13)2)21(12-20-18)10-15(22)11-24-17-6-4-16(23-3)5-7-17/h4-9,12,15,22H,10-11H2,1-3H3. The number of methoxy groups -OCH3 is 1. The second-order valence-electron chi connectivity index (χ2n) is 5.96. The minimum atomic E-state index is -0.619. The number of rotatable bonds is 6. The molecule has 0 aliphatic carbocycles. The fourth-order valence-corrected chi connectivity index (χ4v) is 2.60. The maximum atomic E-state index is 10.3. The number of aliphatic hydroxyl groups is 1. The molecule has 0 aliphatic heterocycles. The highest BCUT2D eigenvalue weighted by Crippen LogP contribution is 2.19. The van der Waals surface area contributed by atoms with Crippen LogP contribution in [-0.2, 0) is 6.54 Å². The molecule has 0 bridgehead atoms. The molecule has 1 N–H and O–H groups in total. The molecule has 0 aliphatic rings. The van der Waals surface area contributed by atoms with E-state index < -0.39 is 6.10 Å². The second kappa shape index (κ2) is 6.93. The lowest BCUT2D eigenvalue weighted by Gasteiger charge is -2.14. The number of ether oxygens (including phenoxy) is 2. The molecule has 3 rings (SSSR count). The predicted molar refractivity (Wildman–Crippen MR) is 93.7 cm³/mol. The Hall–Kier alpha value is -2.53. The smallest absolute Gasteiger partial charge is 0.119 e. The molecule has 2 aromatic carbocycles. The number of imidazole rings is 1. The van der Waals surface area contributed by atoms with Gasteiger partial charge in [-0.1, -0.05) is 0 Å². The van der Waals surface area contributed by atoms with Crippen LogP contribution < -0.4 is 9.47 Å². The van der Waals surface area contributed by atoms with Crippen LogP contribution in [0.4, 0.5) is 0 Å². The van der Waals surface area contributed by atoms with Crippen molar-refractivity contribution in [1.82, 2.24) is 9.55 Å². The third kappa shape index (κ3) is 3.51. The highest BCUT2D eigenvalue weighted by Gasteiger charge is 2.11. The first-order valence-electron chi connectivity index (χ1n) is 7.94. The Morgan fingerprint density at radius 2 is 1.75 bits per heavy atom. The first kappa shape index (κ1) is 16.3. The van der Waals surface area contributed by atoms with Gasteiger partial charge in [0.25, 0.3) is 0 Å². The van der Waals surface area contributed by atoms with Gasteiger partial charge in [-0.2, -0.15) is 0 Å². The van der Waals surface area contributed by atoms with E-state index in [0.29, 0.717) is 12.3 Å². The number of nitrogens with zero attached hydrogens (tertiary/aromatic N) is 2. The number of fused-ring (bicyclic) bond motifs is 1. The number of aromatic nitrogens is 2. The highest BCUT2D eigenvalue weighted by molar-refractivity contribution is 5.77. The Morgan fingerprint density at radius 1 is 1.08 bits per heavy atom. The van der Waals surface area contributed by atoms with Gasteiger partial charge in [0, 0.05) is 0 Å². The summed E-state index contributed by atoms with van der Waals surface area (Å²) < 4.78 is 12.7. The predicted octanol–water partition coefficient (Wildman–Crippen LogP) is 3.10. The summed E-state index contributed by atoms with van der Waals surface area (Å²) in [6.45, 7) is 4.81. The quantitative estimate of drug-likeness (QED) is 0.756. The van der Waals surface area contributed by atoms with Gasteiger partial charge in [-0.05, 0) is 61.4 Å². The van der Waals surface area contributed by atoms with E-state index in [-0.39, 0.29) is 6.61 Å². The number of hydrogen-bond acceptors (Lipinski definition) is 4. The van der Waals surface area contributed by atoms with Crippen LogP contribution in [-0.4, -0.2) is 34.5 Å². The molecule has 1 atom stereocenters. The van der Waals surface area contributed by atoms with Gasteiger partial charge in [0.2, 0.25) is 0 Å². The number of hydrogen-bond donors (Lipinski definition) is 1. The molecule has 5 heteroatoms. The van der Waals surface area contributed by atoms with Gasteiger partial charge in [0.1, 0.15) is 24.2 Å². The highest BCUT2D eigenvalue weighted by atomic mass is 16.5. The number of aryl methyl sites for hydroxylation is 2. The normalized spacial score (nSPS) is 12.3. The van der Waals surface area contributed by atoms with Crippen molar-refractivity contribution in [3.8, 4) is 11.5 Å². The maximum absolute atomic E-state index is 10.3. The molecule has 0 spiro atoms. The Balaban J connectivity index is 1.64. The monoisotopic (exact) mass is 326 g/mol. The van der Waals surface area contributed by atoms with Gasteiger partial charge in [0.15, 0.2) is 0 Å². The molecule has 3 aromatic rings. The van der Waals surface area contributed by atoms with Crippen LogP contribution in [0, 0.1) is 13.8 Å². The van der Waals surface area contributed by atoms with Crippen molar-refractivity contribution in [3.63, 3.8) is 0 Å². The molecule has 1 unspecified atom stereocenters. The van der Waals surface area contributed by atoms with E-state index in [1.165, 1.54) is 11.1 Å². The third-order valence-corrected chi connectivity index (χ3v) is 4.15. The molecule has 0 saturated carbocycles. The maximum Gasteiger partial charge on any atom is 0.119 e. The Labute approximate surface area is 141 Å². The molecular formula is C19H22N2O3. The van der Waals surface area contributed by atoms with E-state index in [1.54, 1.807) is 13.4 Å². The summed E-state index contributed by atoms with van der Waals surface area (Å²) in [5, 5.41) is 10.3. The molecule has 0 saturated heterocycles. The first-order chi connectivity index (χ1) is 11.6. The topological polar surface area (TPSA) is 56.5 Å². The average Bonchev–Trinajstić information content (AvgIpc) is 2.95. The van der Waals surface area contributed by atoms with E-state index in [9.17, 15) is 5.11 Å². The minimum absolute atomic E-state index is 0.219. The van der Waals surface area contributed by atoms with Crippen molar-refractivity contribution in [2.24, 2.45) is 0 Å². The van der Waals surface area contributed by atoms with Crippen molar-refractivity contribution in [3.05, 3.63) is 53.9 Å². The lowest BCUT2D eigenvalue weighted by molar-refractivity contribution is 0.0934. The van der Waals surface area contributed by atoms with Crippen molar-refractivity contribution in [2.45, 2.75) is 26.5 Å². The van der Waals surface area contributed by atoms with Crippen LogP contribution in [0.5, 0.6) is 11.5 Å². The zero-order valence-corrected chi connectivity index (χ0v) is 14.2. The molecule has 5 nitrogen and oxygen atoms in total. The zero-order valence-electron chi connectivity index (χ0n) is 14.2. The number of benzene rings is 2. The van der Waals surface area contributed by atoms with E-state index in [0.717, 1.165) is 16.8 Å². The van der Waals surface area contributed by atoms with E-state index in [4.69, 9.17) is 9.47 Å². The Morgan fingerprint density at radius 3 is 2.46 bits per heavy atom. The van der Waals surface area contributed by atoms with Gasteiger partial charge in [-0.15, -0.1) is 0 Å². The van der Waals surface area contributed by atoms with Gasteiger partial charge in [-0.3, -0.25) is 0 Å². The Kier molecular flexibility index (Phi) is 4.71. The van der Waals surface area contributed by atoms with E-state index in [2.05, 4.69) is 31.0 Å². The van der Waals surface area contributed by atoms with E-state index >= 15 is 0 Å². The van der Waals surface area contributed by atoms with Crippen LogP contribution in [0.3, 0.4) is 0 Å². The molecule has 0 fully saturated rings. The molecular weight excluding hydrogens is 304 g/mol. The SMILES string of the molecule is COc1ccc(OCC(O)Cn2cnc3cc(C)c(C)cc32)cc1. The summed E-state index contributed by atoms with van der Waals surface area (Å²) in [5.74, 6) is 1.48. The summed E-state index contributed by atoms with van der Waals surface area (Å²) in [4.78, 5) is 4.41. The van der Waals surface area contributed by atoms with Crippen LogP contribution in [0.15, 0.2) is 42.7 Å². The average molecular weight is 326 g/mol. The van der Waals surface area contributed by atoms with Gasteiger partial charge in [0.05, 0.1) is 31.0 Å². The van der Waals surface area contributed by atoms with Crippen LogP contribution in [0.25, 0.3) is 11.0 Å². The number of aliphatic hydroxyl groups excluding tert-OH is 1. The molecule has 0 amide bonds. The molecule has 1 aromatic heterocycles. The first-order valence-corrected chi connectivity index (χ1v) is 7.94. The van der Waals surface area contributed by atoms with Crippen molar-refractivity contribution in [1.29, 1.82) is 0 Å². The molecule has 1 heterocycles. The van der Waals surface area contributed by atoms with E-state index in [1.807, 2.05) is 28.8 Å². The lowest BCUT2D eigenvalue weighted by atomic mass is 10.1. The summed E-state index contributed by atoms with van der Waals surface area (Å²) in [5.41, 5.74) is 4.41. The van der Waals surface area contributed by atoms with Gasteiger partial charge in [-0.25, -0.2) is 4.98 Å². The summed E-state index contributed by atoms with van der Waals surface area (Å²) >= 11 is 0. The summed E-state index contributed by atoms with van der Waals surface area (Å²) in [7, 11) is 1.62. The van der Waals surface area contributed by atoms with Crippen LogP contribution >= 0.6 is 0 Å². The van der Waals surface area contributed by atoms with Crippen molar-refractivity contribution in [2.75, 3.05) is 13.7 Å². The van der Waals surface area contributed by atoms with Crippen molar-refractivity contribution < 1.29 is 14.6 Å². The van der Waals surface area contributed by atoms with Gasteiger partial charge >= 0.3 is 0 Å². The van der Waals surface area contributed by atoms with Gasteiger partial charge < -0.3 is 19.1 Å². The summed E-state index contributed by atoms with van der Waals surface area (Å²) in [6.07, 6.45) is 1.14.